The number of aromatic nitrogens is 1. The Morgan fingerprint density at radius 1 is 1.47 bits per heavy atom. The van der Waals surface area contributed by atoms with E-state index < -0.39 is 0 Å². The second-order valence-corrected chi connectivity index (χ2v) is 4.15. The molecule has 0 radical (unpaired) electrons. The van der Waals surface area contributed by atoms with Crippen molar-refractivity contribution in [2.45, 2.75) is 33.3 Å². The molecular formula is C13H22N2O2. The number of rotatable bonds is 7. The minimum atomic E-state index is 0.134. The molecular weight excluding hydrogens is 216 g/mol. The molecule has 4 heteroatoms. The fourth-order valence-electron chi connectivity index (χ4n) is 1.64. The lowest BCUT2D eigenvalue weighted by Crippen LogP contribution is -2.26. The van der Waals surface area contributed by atoms with Crippen LogP contribution in [0.4, 0.5) is 5.82 Å². The van der Waals surface area contributed by atoms with E-state index in [1.54, 1.807) is 6.20 Å². The van der Waals surface area contributed by atoms with Crippen LogP contribution in [0, 0.1) is 0 Å². The van der Waals surface area contributed by atoms with Gasteiger partial charge in [-0.1, -0.05) is 0 Å². The van der Waals surface area contributed by atoms with Gasteiger partial charge in [0.2, 0.25) is 0 Å². The summed E-state index contributed by atoms with van der Waals surface area (Å²) in [7, 11) is 0. The molecule has 0 aliphatic carbocycles. The highest BCUT2D eigenvalue weighted by Gasteiger charge is 2.12. The molecule has 1 aromatic heterocycles. The topological polar surface area (TPSA) is 45.6 Å². The van der Waals surface area contributed by atoms with Gasteiger partial charge in [0.25, 0.3) is 0 Å². The van der Waals surface area contributed by atoms with Gasteiger partial charge in [-0.25, -0.2) is 4.98 Å². The molecule has 1 N–H and O–H groups in total. The summed E-state index contributed by atoms with van der Waals surface area (Å²) in [5.41, 5.74) is 0. The van der Waals surface area contributed by atoms with Gasteiger partial charge < -0.3 is 14.7 Å². The lowest BCUT2D eigenvalue weighted by molar-refractivity contribution is 0.241. The lowest BCUT2D eigenvalue weighted by Gasteiger charge is -2.24. The number of pyridine rings is 1. The van der Waals surface area contributed by atoms with E-state index in [1.807, 2.05) is 26.0 Å². The van der Waals surface area contributed by atoms with Crippen LogP contribution >= 0.6 is 0 Å². The number of ether oxygens (including phenoxy) is 1. The summed E-state index contributed by atoms with van der Waals surface area (Å²) in [4.78, 5) is 6.49. The predicted molar refractivity (Wildman–Crippen MR) is 69.6 cm³/mol. The van der Waals surface area contributed by atoms with Crippen LogP contribution in [0.2, 0.25) is 0 Å². The highest BCUT2D eigenvalue weighted by Crippen LogP contribution is 2.26. The number of nitrogens with zero attached hydrogens (tertiary/aromatic N) is 2. The van der Waals surface area contributed by atoms with Crippen molar-refractivity contribution in [1.29, 1.82) is 0 Å². The first-order valence-electron chi connectivity index (χ1n) is 6.16. The molecule has 0 fully saturated rings. The van der Waals surface area contributed by atoms with Gasteiger partial charge in [0, 0.05) is 25.9 Å². The molecule has 96 valence electrons. The number of aliphatic hydroxyl groups is 1. The third-order valence-corrected chi connectivity index (χ3v) is 2.38. The summed E-state index contributed by atoms with van der Waals surface area (Å²) in [6, 6.07) is 3.81. The summed E-state index contributed by atoms with van der Waals surface area (Å²) in [5, 5.41) is 8.89. The average molecular weight is 238 g/mol. The highest BCUT2D eigenvalue weighted by molar-refractivity contribution is 5.52. The summed E-state index contributed by atoms with van der Waals surface area (Å²) in [5.74, 6) is 1.67. The number of hydrogen-bond acceptors (Lipinski definition) is 4. The molecule has 0 aromatic carbocycles. The van der Waals surface area contributed by atoms with Gasteiger partial charge in [0.15, 0.2) is 11.6 Å². The Hall–Kier alpha value is -1.29. The van der Waals surface area contributed by atoms with Crippen LogP contribution in [0.1, 0.15) is 27.2 Å². The molecule has 4 nitrogen and oxygen atoms in total. The molecule has 0 unspecified atom stereocenters. The SMILES string of the molecule is CCN(CCCO)c1ncccc1OC(C)C. The van der Waals surface area contributed by atoms with Crippen molar-refractivity contribution >= 4 is 5.82 Å². The van der Waals surface area contributed by atoms with E-state index in [1.165, 1.54) is 0 Å². The van der Waals surface area contributed by atoms with Crippen molar-refractivity contribution in [1.82, 2.24) is 4.98 Å². The molecule has 0 amide bonds. The van der Waals surface area contributed by atoms with Crippen LogP contribution in [-0.4, -0.2) is 35.9 Å². The summed E-state index contributed by atoms with van der Waals surface area (Å²) in [6.45, 7) is 7.92. The van der Waals surface area contributed by atoms with Gasteiger partial charge in [-0.05, 0) is 39.3 Å². The lowest BCUT2D eigenvalue weighted by atomic mass is 10.3. The van der Waals surface area contributed by atoms with Crippen LogP contribution in [0.3, 0.4) is 0 Å². The van der Waals surface area contributed by atoms with Crippen molar-refractivity contribution in [2.24, 2.45) is 0 Å². The third kappa shape index (κ3) is 4.23. The molecule has 1 heterocycles. The first-order chi connectivity index (χ1) is 8.19. The van der Waals surface area contributed by atoms with E-state index in [-0.39, 0.29) is 12.7 Å². The van der Waals surface area contributed by atoms with E-state index in [2.05, 4.69) is 16.8 Å². The largest absolute Gasteiger partial charge is 0.487 e. The predicted octanol–water partition coefficient (Wildman–Crippen LogP) is 2.08. The van der Waals surface area contributed by atoms with Crippen LogP contribution in [0.25, 0.3) is 0 Å². The number of aliphatic hydroxyl groups excluding tert-OH is 1. The van der Waals surface area contributed by atoms with E-state index in [4.69, 9.17) is 9.84 Å². The maximum absolute atomic E-state index is 8.89. The average Bonchev–Trinajstić information content (AvgIpc) is 2.31. The van der Waals surface area contributed by atoms with Crippen molar-refractivity contribution in [3.8, 4) is 5.75 Å². The Labute approximate surface area is 103 Å². The van der Waals surface area contributed by atoms with Crippen molar-refractivity contribution in [3.63, 3.8) is 0 Å². The monoisotopic (exact) mass is 238 g/mol. The second kappa shape index (κ2) is 7.12. The normalized spacial score (nSPS) is 10.6. The number of hydrogen-bond donors (Lipinski definition) is 1. The first kappa shape index (κ1) is 13.8. The Balaban J connectivity index is 2.85. The summed E-state index contributed by atoms with van der Waals surface area (Å²) < 4.78 is 5.74. The minimum absolute atomic E-state index is 0.134. The zero-order valence-electron chi connectivity index (χ0n) is 10.9. The summed E-state index contributed by atoms with van der Waals surface area (Å²) >= 11 is 0. The van der Waals surface area contributed by atoms with Crippen molar-refractivity contribution < 1.29 is 9.84 Å². The maximum atomic E-state index is 8.89. The Kier molecular flexibility index (Phi) is 5.77. The highest BCUT2D eigenvalue weighted by atomic mass is 16.5. The quantitative estimate of drug-likeness (QED) is 0.790. The Morgan fingerprint density at radius 2 is 2.24 bits per heavy atom. The van der Waals surface area contributed by atoms with Crippen molar-refractivity contribution in [3.05, 3.63) is 18.3 Å². The maximum Gasteiger partial charge on any atom is 0.171 e. The van der Waals surface area contributed by atoms with E-state index in [0.29, 0.717) is 0 Å². The van der Waals surface area contributed by atoms with Crippen molar-refractivity contribution in [2.75, 3.05) is 24.6 Å². The smallest absolute Gasteiger partial charge is 0.171 e. The molecule has 0 aliphatic heterocycles. The zero-order chi connectivity index (χ0) is 12.7. The van der Waals surface area contributed by atoms with Crippen LogP contribution < -0.4 is 9.64 Å². The van der Waals surface area contributed by atoms with E-state index in [9.17, 15) is 0 Å². The molecule has 0 aliphatic rings. The van der Waals surface area contributed by atoms with Crippen LogP contribution in [0.5, 0.6) is 5.75 Å². The van der Waals surface area contributed by atoms with Gasteiger partial charge in [-0.15, -0.1) is 0 Å². The molecule has 0 saturated heterocycles. The van der Waals surface area contributed by atoms with Gasteiger partial charge in [-0.3, -0.25) is 0 Å². The Bertz CT molecular complexity index is 329. The standard InChI is InChI=1S/C13H22N2O2/c1-4-15(9-6-10-16)13-12(17-11(2)3)7-5-8-14-13/h5,7-8,11,16H,4,6,9-10H2,1-3H3. The first-order valence-corrected chi connectivity index (χ1v) is 6.16. The second-order valence-electron chi connectivity index (χ2n) is 4.15. The number of anilines is 1. The molecule has 1 aromatic rings. The van der Waals surface area contributed by atoms with Gasteiger partial charge in [0.1, 0.15) is 0 Å². The van der Waals surface area contributed by atoms with Gasteiger partial charge in [-0.2, -0.15) is 0 Å². The van der Waals surface area contributed by atoms with Crippen LogP contribution in [0.15, 0.2) is 18.3 Å². The fourth-order valence-corrected chi connectivity index (χ4v) is 1.64. The third-order valence-electron chi connectivity index (χ3n) is 2.38. The molecule has 0 atom stereocenters. The molecule has 0 bridgehead atoms. The van der Waals surface area contributed by atoms with Gasteiger partial charge >= 0.3 is 0 Å². The molecule has 17 heavy (non-hydrogen) atoms. The van der Waals surface area contributed by atoms with E-state index >= 15 is 0 Å². The summed E-state index contributed by atoms with van der Waals surface area (Å²) in [6.07, 6.45) is 2.64. The Morgan fingerprint density at radius 3 is 2.82 bits per heavy atom. The molecule has 0 spiro atoms. The zero-order valence-corrected chi connectivity index (χ0v) is 10.9. The fraction of sp³-hybridized carbons (Fsp3) is 0.615. The van der Waals surface area contributed by atoms with Gasteiger partial charge in [0.05, 0.1) is 6.10 Å². The van der Waals surface area contributed by atoms with Crippen LogP contribution in [-0.2, 0) is 0 Å². The van der Waals surface area contributed by atoms with E-state index in [0.717, 1.165) is 31.1 Å². The minimum Gasteiger partial charge on any atom is -0.487 e. The molecule has 1 rings (SSSR count). The molecule has 0 saturated carbocycles.